The maximum Gasteiger partial charge on any atom is 0.307 e. The standard InChI is InChI=1S/C28H23NO6S/c30-27(19-12-10-18(11-13-19)24-7-4-14-35-24)29-17-21-5-1-2-8-25(21)36(33,34)26-9-3-6-20-15-22(28(31)32)16-23(20)26/h1-14,22H,15-17H2,(H,29,30)(H,31,32). The number of nitrogens with one attached hydrogen (secondary N) is 1. The Labute approximate surface area is 208 Å². The number of carbonyl (C=O) groups excluding carboxylic acids is 1. The van der Waals surface area contributed by atoms with E-state index < -0.39 is 21.7 Å². The summed E-state index contributed by atoms with van der Waals surface area (Å²) in [5, 5.41) is 12.2. The first-order valence-electron chi connectivity index (χ1n) is 11.4. The number of benzene rings is 3. The van der Waals surface area contributed by atoms with Gasteiger partial charge in [0.25, 0.3) is 5.91 Å². The minimum absolute atomic E-state index is 0.0148. The van der Waals surface area contributed by atoms with Crippen LogP contribution in [0.3, 0.4) is 0 Å². The zero-order chi connectivity index (χ0) is 25.3. The molecule has 0 saturated heterocycles. The molecule has 182 valence electrons. The molecule has 36 heavy (non-hydrogen) atoms. The maximum absolute atomic E-state index is 13.7. The van der Waals surface area contributed by atoms with Gasteiger partial charge < -0.3 is 14.8 Å². The molecule has 0 saturated carbocycles. The number of rotatable bonds is 7. The molecule has 1 unspecified atom stereocenters. The highest BCUT2D eigenvalue weighted by Crippen LogP contribution is 2.35. The number of carboxylic acids is 1. The number of hydrogen-bond donors (Lipinski definition) is 2. The molecular weight excluding hydrogens is 478 g/mol. The first-order valence-corrected chi connectivity index (χ1v) is 12.9. The molecule has 0 aliphatic heterocycles. The Kier molecular flexibility index (Phi) is 6.20. The first-order chi connectivity index (χ1) is 17.3. The SMILES string of the molecule is O=C(NCc1ccccc1S(=O)(=O)c1cccc2c1CC(C(=O)O)C2)c1ccc(-c2ccco2)cc1. The van der Waals surface area contributed by atoms with Crippen molar-refractivity contribution in [2.24, 2.45) is 5.92 Å². The predicted molar refractivity (Wildman–Crippen MR) is 132 cm³/mol. The molecule has 4 aromatic rings. The van der Waals surface area contributed by atoms with E-state index in [1.165, 1.54) is 12.1 Å². The quantitative estimate of drug-likeness (QED) is 0.385. The first kappa shape index (κ1) is 23.6. The van der Waals surface area contributed by atoms with Crippen LogP contribution in [0, 0.1) is 5.92 Å². The van der Waals surface area contributed by atoms with Gasteiger partial charge in [-0.25, -0.2) is 8.42 Å². The van der Waals surface area contributed by atoms with Gasteiger partial charge in [-0.3, -0.25) is 9.59 Å². The summed E-state index contributed by atoms with van der Waals surface area (Å²) in [5.74, 6) is -1.21. The van der Waals surface area contributed by atoms with E-state index in [2.05, 4.69) is 5.32 Å². The van der Waals surface area contributed by atoms with Gasteiger partial charge in [-0.15, -0.1) is 0 Å². The topological polar surface area (TPSA) is 114 Å². The molecule has 1 aliphatic rings. The van der Waals surface area contributed by atoms with Crippen LogP contribution in [-0.2, 0) is 34.0 Å². The lowest BCUT2D eigenvalue weighted by atomic mass is 10.1. The normalized spacial score (nSPS) is 14.8. The number of aliphatic carboxylic acids is 1. The van der Waals surface area contributed by atoms with Gasteiger partial charge in [-0.05, 0) is 65.9 Å². The third-order valence-electron chi connectivity index (χ3n) is 6.44. The van der Waals surface area contributed by atoms with Gasteiger partial charge in [0.05, 0.1) is 22.0 Å². The number of carboxylic acid groups (broad SMARTS) is 1. The second kappa shape index (κ2) is 9.47. The molecule has 1 aliphatic carbocycles. The van der Waals surface area contributed by atoms with Gasteiger partial charge in [0, 0.05) is 17.7 Å². The third kappa shape index (κ3) is 4.43. The number of amides is 1. The molecule has 5 rings (SSSR count). The summed E-state index contributed by atoms with van der Waals surface area (Å²) >= 11 is 0. The van der Waals surface area contributed by atoms with Crippen molar-refractivity contribution in [2.45, 2.75) is 29.2 Å². The molecular formula is C28H23NO6S. The zero-order valence-electron chi connectivity index (χ0n) is 19.2. The fourth-order valence-electron chi connectivity index (χ4n) is 4.58. The van der Waals surface area contributed by atoms with Crippen LogP contribution in [0.1, 0.15) is 27.0 Å². The Morgan fingerprint density at radius 3 is 2.36 bits per heavy atom. The van der Waals surface area contributed by atoms with E-state index in [1.54, 1.807) is 66.9 Å². The van der Waals surface area contributed by atoms with Crippen molar-refractivity contribution in [1.82, 2.24) is 5.32 Å². The fraction of sp³-hybridized carbons (Fsp3) is 0.143. The van der Waals surface area contributed by atoms with Gasteiger partial charge in [0.15, 0.2) is 0 Å². The lowest BCUT2D eigenvalue weighted by Crippen LogP contribution is -2.24. The Bertz CT molecular complexity index is 1540. The highest BCUT2D eigenvalue weighted by Gasteiger charge is 2.33. The number of hydrogen-bond acceptors (Lipinski definition) is 5. The van der Waals surface area contributed by atoms with Crippen LogP contribution in [-0.4, -0.2) is 25.4 Å². The summed E-state index contributed by atoms with van der Waals surface area (Å²) in [5.41, 5.74) is 3.02. The maximum atomic E-state index is 13.7. The molecule has 2 N–H and O–H groups in total. The minimum atomic E-state index is -3.94. The number of sulfone groups is 1. The van der Waals surface area contributed by atoms with E-state index in [-0.39, 0.29) is 28.7 Å². The smallest absolute Gasteiger partial charge is 0.307 e. The Hall–Kier alpha value is -4.17. The summed E-state index contributed by atoms with van der Waals surface area (Å²) in [6.07, 6.45) is 2.06. The molecule has 0 radical (unpaired) electrons. The molecule has 1 atom stereocenters. The van der Waals surface area contributed by atoms with Crippen LogP contribution in [0.2, 0.25) is 0 Å². The van der Waals surface area contributed by atoms with Gasteiger partial charge in [0.1, 0.15) is 5.76 Å². The molecule has 0 bridgehead atoms. The van der Waals surface area contributed by atoms with Crippen LogP contribution in [0.4, 0.5) is 0 Å². The van der Waals surface area contributed by atoms with E-state index in [0.717, 1.165) is 11.1 Å². The fourth-order valence-corrected chi connectivity index (χ4v) is 6.36. The lowest BCUT2D eigenvalue weighted by molar-refractivity contribution is -0.141. The van der Waals surface area contributed by atoms with E-state index in [1.807, 2.05) is 6.07 Å². The van der Waals surface area contributed by atoms with Gasteiger partial charge in [-0.2, -0.15) is 0 Å². The number of carbonyl (C=O) groups is 2. The Morgan fingerprint density at radius 2 is 1.64 bits per heavy atom. The predicted octanol–water partition coefficient (Wildman–Crippen LogP) is 4.51. The molecule has 0 spiro atoms. The van der Waals surface area contributed by atoms with Crippen molar-refractivity contribution < 1.29 is 27.5 Å². The molecule has 1 amide bonds. The minimum Gasteiger partial charge on any atom is -0.481 e. The molecule has 1 aromatic heterocycles. The lowest BCUT2D eigenvalue weighted by Gasteiger charge is -2.14. The van der Waals surface area contributed by atoms with Crippen LogP contribution in [0.15, 0.2) is 99.3 Å². The summed E-state index contributed by atoms with van der Waals surface area (Å²) in [6, 6.07) is 22.0. The number of furan rings is 1. The molecule has 8 heteroatoms. The van der Waals surface area contributed by atoms with Crippen molar-refractivity contribution in [1.29, 1.82) is 0 Å². The third-order valence-corrected chi connectivity index (χ3v) is 8.38. The summed E-state index contributed by atoms with van der Waals surface area (Å²) < 4.78 is 32.7. The van der Waals surface area contributed by atoms with Gasteiger partial charge in [0.2, 0.25) is 9.84 Å². The molecule has 1 heterocycles. The Morgan fingerprint density at radius 1 is 0.889 bits per heavy atom. The summed E-state index contributed by atoms with van der Waals surface area (Å²) in [4.78, 5) is 24.5. The van der Waals surface area contributed by atoms with Gasteiger partial charge in [-0.1, -0.05) is 42.5 Å². The van der Waals surface area contributed by atoms with E-state index >= 15 is 0 Å². The molecule has 7 nitrogen and oxygen atoms in total. The van der Waals surface area contributed by atoms with E-state index in [4.69, 9.17) is 4.42 Å². The highest BCUT2D eigenvalue weighted by atomic mass is 32.2. The van der Waals surface area contributed by atoms with Crippen LogP contribution < -0.4 is 5.32 Å². The van der Waals surface area contributed by atoms with Crippen LogP contribution >= 0.6 is 0 Å². The van der Waals surface area contributed by atoms with E-state index in [0.29, 0.717) is 28.9 Å². The largest absolute Gasteiger partial charge is 0.481 e. The van der Waals surface area contributed by atoms with E-state index in [9.17, 15) is 23.1 Å². The molecule has 0 fully saturated rings. The second-order valence-electron chi connectivity index (χ2n) is 8.69. The van der Waals surface area contributed by atoms with Crippen molar-refractivity contribution in [2.75, 3.05) is 0 Å². The van der Waals surface area contributed by atoms with Crippen LogP contribution in [0.5, 0.6) is 0 Å². The summed E-state index contributed by atoms with van der Waals surface area (Å²) in [7, 11) is -3.94. The average molecular weight is 502 g/mol. The highest BCUT2D eigenvalue weighted by molar-refractivity contribution is 7.91. The number of fused-ring (bicyclic) bond motifs is 1. The molecule has 3 aromatic carbocycles. The van der Waals surface area contributed by atoms with Crippen LogP contribution in [0.25, 0.3) is 11.3 Å². The summed E-state index contributed by atoms with van der Waals surface area (Å²) in [6.45, 7) is 0.0148. The zero-order valence-corrected chi connectivity index (χ0v) is 20.0. The second-order valence-corrected chi connectivity index (χ2v) is 10.6. The van der Waals surface area contributed by atoms with Crippen molar-refractivity contribution in [3.05, 3.63) is 107 Å². The average Bonchev–Trinajstić information content (AvgIpc) is 3.58. The van der Waals surface area contributed by atoms with Crippen molar-refractivity contribution in [3.63, 3.8) is 0 Å². The Balaban J connectivity index is 1.37. The monoisotopic (exact) mass is 501 g/mol. The van der Waals surface area contributed by atoms with Crippen molar-refractivity contribution >= 4 is 21.7 Å². The van der Waals surface area contributed by atoms with Gasteiger partial charge >= 0.3 is 5.97 Å². The van der Waals surface area contributed by atoms with Crippen molar-refractivity contribution in [3.8, 4) is 11.3 Å².